The van der Waals surface area contributed by atoms with Gasteiger partial charge < -0.3 is 29.0 Å². The van der Waals surface area contributed by atoms with Gasteiger partial charge in [0.25, 0.3) is 11.7 Å². The van der Waals surface area contributed by atoms with Crippen LogP contribution in [0.5, 0.6) is 17.2 Å². The number of amides is 1. The molecule has 1 aliphatic rings. The summed E-state index contributed by atoms with van der Waals surface area (Å²) in [6.07, 6.45) is 0.536. The van der Waals surface area contributed by atoms with E-state index in [4.69, 9.17) is 18.9 Å². The van der Waals surface area contributed by atoms with Gasteiger partial charge in [0, 0.05) is 25.8 Å². The number of benzene rings is 2. The van der Waals surface area contributed by atoms with Crippen molar-refractivity contribution < 1.29 is 33.6 Å². The van der Waals surface area contributed by atoms with Crippen LogP contribution in [0.3, 0.4) is 0 Å². The maximum Gasteiger partial charge on any atom is 0.295 e. The van der Waals surface area contributed by atoms with E-state index in [2.05, 4.69) is 13.8 Å². The molecule has 3 rings (SSSR count). The van der Waals surface area contributed by atoms with Crippen LogP contribution in [0.15, 0.2) is 42.0 Å². The molecule has 1 amide bonds. The van der Waals surface area contributed by atoms with E-state index in [1.165, 1.54) is 19.1 Å². The molecule has 8 heteroatoms. The van der Waals surface area contributed by atoms with E-state index in [0.717, 1.165) is 5.56 Å². The first kappa shape index (κ1) is 27.1. The molecule has 0 spiro atoms. The highest BCUT2D eigenvalue weighted by Gasteiger charge is 2.46. The van der Waals surface area contributed by atoms with Crippen LogP contribution in [0.4, 0.5) is 0 Å². The Kier molecular flexibility index (Phi) is 8.98. The summed E-state index contributed by atoms with van der Waals surface area (Å²) in [6.45, 7) is 7.24. The van der Waals surface area contributed by atoms with Crippen LogP contribution < -0.4 is 14.2 Å². The van der Waals surface area contributed by atoms with E-state index >= 15 is 0 Å². The monoisotopic (exact) mass is 497 g/mol. The van der Waals surface area contributed by atoms with Crippen molar-refractivity contribution in [3.8, 4) is 17.2 Å². The first-order chi connectivity index (χ1) is 17.2. The Morgan fingerprint density at radius 1 is 1.03 bits per heavy atom. The number of likely N-dealkylation sites (tertiary alicyclic amines) is 1. The molecule has 1 N–H and O–H groups in total. The van der Waals surface area contributed by atoms with Crippen LogP contribution in [0.1, 0.15) is 43.0 Å². The Morgan fingerprint density at radius 3 is 2.36 bits per heavy atom. The van der Waals surface area contributed by atoms with E-state index in [1.54, 1.807) is 37.4 Å². The molecular formula is C28H35NO7. The van der Waals surface area contributed by atoms with Crippen LogP contribution in [0.2, 0.25) is 0 Å². The van der Waals surface area contributed by atoms with Gasteiger partial charge in [0.05, 0.1) is 32.4 Å². The van der Waals surface area contributed by atoms with E-state index in [-0.39, 0.29) is 17.9 Å². The van der Waals surface area contributed by atoms with Crippen molar-refractivity contribution in [2.24, 2.45) is 5.92 Å². The molecule has 0 radical (unpaired) electrons. The number of Topliss-reactive ketones (excluding diaryl/α,β-unsaturated/α-hetero) is 1. The molecule has 0 bridgehead atoms. The molecule has 1 atom stereocenters. The first-order valence-electron chi connectivity index (χ1n) is 12.0. The third-order valence-corrected chi connectivity index (χ3v) is 6.05. The van der Waals surface area contributed by atoms with Gasteiger partial charge in [-0.05, 0) is 60.7 Å². The first-order valence-corrected chi connectivity index (χ1v) is 12.0. The second kappa shape index (κ2) is 11.9. The lowest BCUT2D eigenvalue weighted by atomic mass is 9.93. The summed E-state index contributed by atoms with van der Waals surface area (Å²) in [6, 6.07) is 9.70. The summed E-state index contributed by atoms with van der Waals surface area (Å²) in [5, 5.41) is 11.4. The lowest BCUT2D eigenvalue weighted by Crippen LogP contribution is -2.31. The van der Waals surface area contributed by atoms with Crippen LogP contribution >= 0.6 is 0 Å². The van der Waals surface area contributed by atoms with Crippen LogP contribution in [0.25, 0.3) is 5.76 Å². The van der Waals surface area contributed by atoms with Gasteiger partial charge in [-0.25, -0.2) is 0 Å². The van der Waals surface area contributed by atoms with Crippen LogP contribution in [-0.2, 0) is 14.3 Å². The summed E-state index contributed by atoms with van der Waals surface area (Å²) >= 11 is 0. The average Bonchev–Trinajstić information content (AvgIpc) is 3.11. The number of aryl methyl sites for hydroxylation is 1. The summed E-state index contributed by atoms with van der Waals surface area (Å²) < 4.78 is 21.7. The molecule has 1 aliphatic heterocycles. The highest BCUT2D eigenvalue weighted by molar-refractivity contribution is 6.46. The van der Waals surface area contributed by atoms with Crippen molar-refractivity contribution in [1.29, 1.82) is 0 Å². The normalized spacial score (nSPS) is 17.1. The molecule has 1 heterocycles. The topological polar surface area (TPSA) is 94.5 Å². The Balaban J connectivity index is 2.12. The number of carbonyl (C=O) groups is 2. The lowest BCUT2D eigenvalue weighted by Gasteiger charge is -2.26. The van der Waals surface area contributed by atoms with Gasteiger partial charge in [0.15, 0.2) is 11.5 Å². The number of methoxy groups -OCH3 is 3. The molecule has 8 nitrogen and oxygen atoms in total. The number of ether oxygens (including phenoxy) is 4. The molecule has 1 saturated heterocycles. The summed E-state index contributed by atoms with van der Waals surface area (Å²) in [5.41, 5.74) is 1.85. The Morgan fingerprint density at radius 2 is 1.75 bits per heavy atom. The van der Waals surface area contributed by atoms with Crippen molar-refractivity contribution in [3.05, 3.63) is 58.7 Å². The Hall–Kier alpha value is -3.52. The van der Waals surface area contributed by atoms with Gasteiger partial charge in [-0.1, -0.05) is 19.9 Å². The van der Waals surface area contributed by atoms with Crippen LogP contribution in [0, 0.1) is 12.8 Å². The van der Waals surface area contributed by atoms with E-state index < -0.39 is 17.7 Å². The van der Waals surface area contributed by atoms with Crippen molar-refractivity contribution in [1.82, 2.24) is 4.90 Å². The summed E-state index contributed by atoms with van der Waals surface area (Å²) in [4.78, 5) is 27.8. The van der Waals surface area contributed by atoms with Crippen molar-refractivity contribution >= 4 is 17.4 Å². The van der Waals surface area contributed by atoms with Crippen molar-refractivity contribution in [3.63, 3.8) is 0 Å². The van der Waals surface area contributed by atoms with E-state index in [1.807, 2.05) is 13.0 Å². The molecular weight excluding hydrogens is 462 g/mol. The number of ketones is 1. The van der Waals surface area contributed by atoms with E-state index in [9.17, 15) is 14.7 Å². The highest BCUT2D eigenvalue weighted by Crippen LogP contribution is 2.42. The molecule has 2 aromatic rings. The number of hydrogen-bond donors (Lipinski definition) is 1. The largest absolute Gasteiger partial charge is 0.507 e. The predicted molar refractivity (Wildman–Crippen MR) is 137 cm³/mol. The molecule has 2 aromatic carbocycles. The van der Waals surface area contributed by atoms with E-state index in [0.29, 0.717) is 53.9 Å². The molecule has 0 aromatic heterocycles. The fourth-order valence-electron chi connectivity index (χ4n) is 4.26. The molecule has 0 aliphatic carbocycles. The molecule has 194 valence electrons. The molecule has 1 unspecified atom stereocenters. The highest BCUT2D eigenvalue weighted by atomic mass is 16.5. The molecule has 1 fully saturated rings. The zero-order valence-electron chi connectivity index (χ0n) is 21.8. The number of rotatable bonds is 11. The van der Waals surface area contributed by atoms with Crippen LogP contribution in [-0.4, -0.2) is 62.8 Å². The quantitative estimate of drug-likeness (QED) is 0.211. The number of aliphatic hydroxyl groups is 1. The lowest BCUT2D eigenvalue weighted by molar-refractivity contribution is -0.140. The Labute approximate surface area is 212 Å². The van der Waals surface area contributed by atoms with Gasteiger partial charge in [0.1, 0.15) is 11.5 Å². The van der Waals surface area contributed by atoms with Gasteiger partial charge in [-0.2, -0.15) is 0 Å². The number of nitrogens with zero attached hydrogens (tertiary/aromatic N) is 1. The zero-order valence-corrected chi connectivity index (χ0v) is 21.8. The summed E-state index contributed by atoms with van der Waals surface area (Å²) in [7, 11) is 4.63. The Bertz CT molecular complexity index is 1140. The summed E-state index contributed by atoms with van der Waals surface area (Å²) in [5.74, 6) is 0.399. The maximum atomic E-state index is 13.3. The molecule has 36 heavy (non-hydrogen) atoms. The predicted octanol–water partition coefficient (Wildman–Crippen LogP) is 4.51. The average molecular weight is 498 g/mol. The van der Waals surface area contributed by atoms with Gasteiger partial charge in [0.2, 0.25) is 0 Å². The maximum absolute atomic E-state index is 13.3. The SMILES string of the molecule is COCCCN1C(=O)C(=O)C(=C(O)c2ccc(OCC(C)C)cc2C)C1c1ccc(OC)c(OC)c1. The second-order valence-electron chi connectivity index (χ2n) is 9.13. The zero-order chi connectivity index (χ0) is 26.4. The minimum atomic E-state index is -0.794. The fraction of sp³-hybridized carbons (Fsp3) is 0.429. The van der Waals surface area contributed by atoms with Gasteiger partial charge >= 0.3 is 0 Å². The van der Waals surface area contributed by atoms with Crippen molar-refractivity contribution in [2.75, 3.05) is 41.1 Å². The van der Waals surface area contributed by atoms with Gasteiger partial charge in [-0.3, -0.25) is 9.59 Å². The van der Waals surface area contributed by atoms with Crippen molar-refractivity contribution in [2.45, 2.75) is 33.2 Å². The third kappa shape index (κ3) is 5.65. The fourth-order valence-corrected chi connectivity index (χ4v) is 4.26. The van der Waals surface area contributed by atoms with Gasteiger partial charge in [-0.15, -0.1) is 0 Å². The number of hydrogen-bond acceptors (Lipinski definition) is 7. The second-order valence-corrected chi connectivity index (χ2v) is 9.13. The molecule has 0 saturated carbocycles. The third-order valence-electron chi connectivity index (χ3n) is 6.05. The standard InChI is InChI=1S/C28H35NO7/c1-17(2)16-36-20-9-10-21(18(3)14-20)26(30)24-25(19-8-11-22(34-5)23(15-19)35-6)29(12-7-13-33-4)28(32)27(24)31/h8-11,14-15,17,25,30H,7,12-13,16H2,1-6H3. The number of carbonyl (C=O) groups excluding carboxylic acids is 2. The minimum Gasteiger partial charge on any atom is -0.507 e. The number of aliphatic hydroxyl groups excluding tert-OH is 1. The minimum absolute atomic E-state index is 0.0311. The smallest absolute Gasteiger partial charge is 0.295 e.